The molecule has 0 amide bonds. The van der Waals surface area contributed by atoms with Crippen molar-refractivity contribution in [3.63, 3.8) is 0 Å². The van der Waals surface area contributed by atoms with Crippen LogP contribution >= 0.6 is 15.9 Å². The lowest BCUT2D eigenvalue weighted by molar-refractivity contribution is 0.321. The monoisotopic (exact) mass is 309 g/mol. The first kappa shape index (κ1) is 13.0. The van der Waals surface area contributed by atoms with E-state index in [0.717, 1.165) is 27.8 Å². The normalized spacial score (nSPS) is 10.6. The molecule has 4 nitrogen and oxygen atoms in total. The van der Waals surface area contributed by atoms with Gasteiger partial charge in [-0.2, -0.15) is 5.10 Å². The molecule has 0 atom stereocenters. The van der Waals surface area contributed by atoms with E-state index in [4.69, 9.17) is 10.5 Å². The zero-order chi connectivity index (χ0) is 13.1. The van der Waals surface area contributed by atoms with Crippen LogP contribution in [0.4, 0.5) is 5.69 Å². The maximum atomic E-state index is 5.93. The van der Waals surface area contributed by atoms with Gasteiger partial charge in [-0.25, -0.2) is 0 Å². The molecule has 2 rings (SSSR count). The summed E-state index contributed by atoms with van der Waals surface area (Å²) in [6, 6.07) is 3.85. The summed E-state index contributed by atoms with van der Waals surface area (Å²) in [6.45, 7) is 2.58. The van der Waals surface area contributed by atoms with Crippen molar-refractivity contribution in [3.05, 3.63) is 40.1 Å². The molecule has 0 aliphatic rings. The van der Waals surface area contributed by atoms with Crippen LogP contribution in [0.3, 0.4) is 0 Å². The molecule has 0 aliphatic carbocycles. The highest BCUT2D eigenvalue weighted by molar-refractivity contribution is 9.10. The summed E-state index contributed by atoms with van der Waals surface area (Å²) in [6.07, 6.45) is 4.66. The number of nitrogens with two attached hydrogens (primary N) is 1. The molecule has 2 aromatic rings. The second-order valence-corrected chi connectivity index (χ2v) is 5.18. The number of aryl methyl sites for hydroxylation is 2. The van der Waals surface area contributed by atoms with E-state index in [1.54, 1.807) is 4.68 Å². The molecule has 0 aliphatic heterocycles. The number of halogens is 1. The third kappa shape index (κ3) is 3.04. The van der Waals surface area contributed by atoms with Gasteiger partial charge in [-0.15, -0.1) is 0 Å². The Labute approximate surface area is 115 Å². The Morgan fingerprint density at radius 1 is 1.44 bits per heavy atom. The fourth-order valence-electron chi connectivity index (χ4n) is 1.82. The summed E-state index contributed by atoms with van der Waals surface area (Å²) in [5.74, 6) is 0.766. The summed E-state index contributed by atoms with van der Waals surface area (Å²) in [4.78, 5) is 0. The lowest BCUT2D eigenvalue weighted by Crippen LogP contribution is -2.04. The summed E-state index contributed by atoms with van der Waals surface area (Å²) < 4.78 is 8.51. The number of benzene rings is 1. The van der Waals surface area contributed by atoms with E-state index in [1.165, 1.54) is 0 Å². The lowest BCUT2D eigenvalue weighted by atomic mass is 10.2. The van der Waals surface area contributed by atoms with E-state index >= 15 is 0 Å². The van der Waals surface area contributed by atoms with Gasteiger partial charge in [-0.05, 0) is 30.2 Å². The molecule has 0 fully saturated rings. The molecule has 0 unspecified atom stereocenters. The number of hydrogen-bond donors (Lipinski definition) is 1. The van der Waals surface area contributed by atoms with Crippen molar-refractivity contribution in [2.75, 3.05) is 12.3 Å². The van der Waals surface area contributed by atoms with E-state index in [1.807, 2.05) is 38.5 Å². The molecule has 1 aromatic carbocycles. The van der Waals surface area contributed by atoms with E-state index in [9.17, 15) is 0 Å². The first-order valence-electron chi connectivity index (χ1n) is 5.72. The van der Waals surface area contributed by atoms with Crippen LogP contribution in [0.2, 0.25) is 0 Å². The van der Waals surface area contributed by atoms with Gasteiger partial charge >= 0.3 is 0 Å². The SMILES string of the molecule is Cc1cc(Br)cc(N)c1OCCc1cnn(C)c1. The van der Waals surface area contributed by atoms with Gasteiger partial charge in [0.05, 0.1) is 18.5 Å². The van der Waals surface area contributed by atoms with Crippen LogP contribution in [-0.2, 0) is 13.5 Å². The molecule has 2 N–H and O–H groups in total. The topological polar surface area (TPSA) is 53.1 Å². The minimum absolute atomic E-state index is 0.596. The molecule has 18 heavy (non-hydrogen) atoms. The smallest absolute Gasteiger partial charge is 0.145 e. The Morgan fingerprint density at radius 3 is 2.83 bits per heavy atom. The average Bonchev–Trinajstić information content (AvgIpc) is 2.68. The number of ether oxygens (including phenoxy) is 1. The Kier molecular flexibility index (Phi) is 3.91. The van der Waals surface area contributed by atoms with Gasteiger partial charge in [0, 0.05) is 24.1 Å². The molecule has 0 bridgehead atoms. The third-order valence-electron chi connectivity index (χ3n) is 2.66. The molecule has 5 heteroatoms. The average molecular weight is 310 g/mol. The molecular formula is C13H16BrN3O. The predicted octanol–water partition coefficient (Wildman–Crippen LogP) is 2.69. The highest BCUT2D eigenvalue weighted by atomic mass is 79.9. The van der Waals surface area contributed by atoms with Crippen LogP contribution in [0, 0.1) is 6.92 Å². The van der Waals surface area contributed by atoms with Gasteiger partial charge in [-0.3, -0.25) is 4.68 Å². The fourth-order valence-corrected chi connectivity index (χ4v) is 2.41. The van der Waals surface area contributed by atoms with Crippen LogP contribution in [0.1, 0.15) is 11.1 Å². The van der Waals surface area contributed by atoms with Crippen LogP contribution in [-0.4, -0.2) is 16.4 Å². The van der Waals surface area contributed by atoms with Crippen LogP contribution < -0.4 is 10.5 Å². The summed E-state index contributed by atoms with van der Waals surface area (Å²) >= 11 is 3.41. The van der Waals surface area contributed by atoms with Crippen molar-refractivity contribution in [2.45, 2.75) is 13.3 Å². The van der Waals surface area contributed by atoms with Gasteiger partial charge in [0.2, 0.25) is 0 Å². The number of nitrogen functional groups attached to an aromatic ring is 1. The molecule has 0 radical (unpaired) electrons. The van der Waals surface area contributed by atoms with Crippen LogP contribution in [0.5, 0.6) is 5.75 Å². The Balaban J connectivity index is 1.98. The number of nitrogens with zero attached hydrogens (tertiary/aromatic N) is 2. The van der Waals surface area contributed by atoms with Gasteiger partial charge in [0.15, 0.2) is 0 Å². The van der Waals surface area contributed by atoms with Gasteiger partial charge in [0.25, 0.3) is 0 Å². The quantitative estimate of drug-likeness (QED) is 0.883. The maximum Gasteiger partial charge on any atom is 0.145 e. The first-order chi connectivity index (χ1) is 8.56. The van der Waals surface area contributed by atoms with E-state index in [2.05, 4.69) is 21.0 Å². The standard InChI is InChI=1S/C13H16BrN3O/c1-9-5-11(14)6-12(15)13(9)18-4-3-10-7-16-17(2)8-10/h5-8H,3-4,15H2,1-2H3. The first-order valence-corrected chi connectivity index (χ1v) is 6.51. The molecular weight excluding hydrogens is 294 g/mol. The Hall–Kier alpha value is -1.49. The van der Waals surface area contributed by atoms with Gasteiger partial charge in [-0.1, -0.05) is 15.9 Å². The summed E-state index contributed by atoms with van der Waals surface area (Å²) in [7, 11) is 1.90. The minimum atomic E-state index is 0.596. The van der Waals surface area contributed by atoms with Crippen molar-refractivity contribution >= 4 is 21.6 Å². The van der Waals surface area contributed by atoms with E-state index < -0.39 is 0 Å². The lowest BCUT2D eigenvalue weighted by Gasteiger charge is -2.11. The van der Waals surface area contributed by atoms with Crippen LogP contribution in [0.25, 0.3) is 0 Å². The van der Waals surface area contributed by atoms with Gasteiger partial charge in [0.1, 0.15) is 5.75 Å². The third-order valence-corrected chi connectivity index (χ3v) is 3.12. The van der Waals surface area contributed by atoms with E-state index in [-0.39, 0.29) is 0 Å². The molecule has 96 valence electrons. The molecule has 1 aromatic heterocycles. The molecule has 0 saturated carbocycles. The predicted molar refractivity (Wildman–Crippen MR) is 75.7 cm³/mol. The van der Waals surface area contributed by atoms with Gasteiger partial charge < -0.3 is 10.5 Å². The summed E-state index contributed by atoms with van der Waals surface area (Å²) in [5.41, 5.74) is 8.79. The second-order valence-electron chi connectivity index (χ2n) is 4.26. The fraction of sp³-hybridized carbons (Fsp3) is 0.308. The molecule has 0 spiro atoms. The number of rotatable bonds is 4. The highest BCUT2D eigenvalue weighted by Crippen LogP contribution is 2.30. The Morgan fingerprint density at radius 2 is 2.22 bits per heavy atom. The number of anilines is 1. The maximum absolute atomic E-state index is 5.93. The number of hydrogen-bond acceptors (Lipinski definition) is 3. The minimum Gasteiger partial charge on any atom is -0.491 e. The largest absolute Gasteiger partial charge is 0.491 e. The van der Waals surface area contributed by atoms with Crippen molar-refractivity contribution < 1.29 is 4.74 Å². The highest BCUT2D eigenvalue weighted by Gasteiger charge is 2.06. The van der Waals surface area contributed by atoms with Crippen molar-refractivity contribution in [1.29, 1.82) is 0 Å². The van der Waals surface area contributed by atoms with Crippen molar-refractivity contribution in [1.82, 2.24) is 9.78 Å². The van der Waals surface area contributed by atoms with Crippen LogP contribution in [0.15, 0.2) is 29.0 Å². The summed E-state index contributed by atoms with van der Waals surface area (Å²) in [5, 5.41) is 4.12. The van der Waals surface area contributed by atoms with E-state index in [0.29, 0.717) is 12.3 Å². The Bertz CT molecular complexity index is 528. The molecule has 0 saturated heterocycles. The van der Waals surface area contributed by atoms with Crippen molar-refractivity contribution in [3.8, 4) is 5.75 Å². The zero-order valence-corrected chi connectivity index (χ0v) is 12.1. The second kappa shape index (κ2) is 5.44. The zero-order valence-electron chi connectivity index (χ0n) is 10.5. The van der Waals surface area contributed by atoms with Crippen molar-refractivity contribution in [2.24, 2.45) is 7.05 Å². The number of aromatic nitrogens is 2. The molecule has 1 heterocycles.